The molecule has 7 nitrogen and oxygen atoms in total. The smallest absolute Gasteiger partial charge is 0.326 e. The Balaban J connectivity index is 1.54. The molecule has 0 spiro atoms. The van der Waals surface area contributed by atoms with Crippen LogP contribution >= 0.6 is 0 Å². The van der Waals surface area contributed by atoms with Crippen LogP contribution in [-0.2, 0) is 29.2 Å². The highest BCUT2D eigenvalue weighted by Crippen LogP contribution is 2.24. The summed E-state index contributed by atoms with van der Waals surface area (Å²) in [5, 5.41) is 9.99. The summed E-state index contributed by atoms with van der Waals surface area (Å²) in [6.45, 7) is 4.55. The van der Waals surface area contributed by atoms with Gasteiger partial charge in [0.15, 0.2) is 0 Å². The first kappa shape index (κ1) is 30.1. The summed E-state index contributed by atoms with van der Waals surface area (Å²) in [6.07, 6.45) is 0.731. The first-order chi connectivity index (χ1) is 20.2. The Morgan fingerprint density at radius 1 is 0.833 bits per heavy atom. The minimum atomic E-state index is -1.21. The first-order valence-corrected chi connectivity index (χ1v) is 14.0. The number of carbonyl (C=O) groups is 3. The van der Waals surface area contributed by atoms with E-state index in [0.29, 0.717) is 12.2 Å². The lowest BCUT2D eigenvalue weighted by molar-refractivity contribution is -0.143. The lowest BCUT2D eigenvalue weighted by Crippen LogP contribution is -2.45. The zero-order chi connectivity index (χ0) is 30.1. The van der Waals surface area contributed by atoms with Crippen LogP contribution in [-0.4, -0.2) is 33.8 Å². The van der Waals surface area contributed by atoms with E-state index >= 15 is 0 Å². The highest BCUT2D eigenvalue weighted by atomic mass is 16.5. The molecule has 0 aliphatic rings. The number of aliphatic carboxylic acids is 1. The van der Waals surface area contributed by atoms with Gasteiger partial charge in [-0.15, -0.1) is 0 Å². The molecule has 3 N–H and O–H groups in total. The normalized spacial score (nSPS) is 11.5. The van der Waals surface area contributed by atoms with E-state index in [-0.39, 0.29) is 19.4 Å². The number of primary amides is 1. The number of nitrogens with two attached hydrogens (primary N) is 1. The summed E-state index contributed by atoms with van der Waals surface area (Å²) in [7, 11) is 0. The number of aryl methyl sites for hydroxylation is 2. The zero-order valence-electron chi connectivity index (χ0n) is 24.0. The molecule has 1 atom stereocenters. The van der Waals surface area contributed by atoms with E-state index < -0.39 is 23.8 Å². The van der Waals surface area contributed by atoms with E-state index in [1.54, 1.807) is 12.1 Å². The largest absolute Gasteiger partial charge is 0.489 e. The number of hydrogen-bond donors (Lipinski definition) is 2. The number of amides is 2. The molecule has 4 aromatic carbocycles. The van der Waals surface area contributed by atoms with Gasteiger partial charge in [-0.05, 0) is 77.9 Å². The maximum Gasteiger partial charge on any atom is 0.326 e. The van der Waals surface area contributed by atoms with Gasteiger partial charge in [-0.1, -0.05) is 79.2 Å². The van der Waals surface area contributed by atoms with Crippen molar-refractivity contribution in [1.29, 1.82) is 0 Å². The van der Waals surface area contributed by atoms with Crippen LogP contribution in [0.5, 0.6) is 5.75 Å². The molecule has 42 heavy (non-hydrogen) atoms. The van der Waals surface area contributed by atoms with Crippen molar-refractivity contribution in [3.05, 3.63) is 125 Å². The van der Waals surface area contributed by atoms with Gasteiger partial charge in [0.2, 0.25) is 5.91 Å². The summed E-state index contributed by atoms with van der Waals surface area (Å²) < 4.78 is 6.01. The second kappa shape index (κ2) is 14.1. The van der Waals surface area contributed by atoms with Crippen molar-refractivity contribution in [2.75, 3.05) is 0 Å². The molecule has 0 saturated carbocycles. The lowest BCUT2D eigenvalue weighted by Gasteiger charge is -2.29. The molecule has 4 aromatic rings. The summed E-state index contributed by atoms with van der Waals surface area (Å²) in [6, 6.07) is 29.5. The van der Waals surface area contributed by atoms with E-state index in [2.05, 4.69) is 19.1 Å². The molecular weight excluding hydrogens is 528 g/mol. The van der Waals surface area contributed by atoms with Gasteiger partial charge in [-0.25, -0.2) is 4.79 Å². The van der Waals surface area contributed by atoms with Gasteiger partial charge in [-0.2, -0.15) is 0 Å². The van der Waals surface area contributed by atoms with Crippen molar-refractivity contribution in [2.45, 2.75) is 52.3 Å². The van der Waals surface area contributed by atoms with Crippen LogP contribution in [0.1, 0.15) is 52.4 Å². The molecule has 0 bridgehead atoms. The monoisotopic (exact) mass is 564 g/mol. The maximum atomic E-state index is 13.7. The molecule has 0 aliphatic heterocycles. The van der Waals surface area contributed by atoms with Crippen molar-refractivity contribution in [3.8, 4) is 16.9 Å². The van der Waals surface area contributed by atoms with Crippen LogP contribution in [0.15, 0.2) is 97.1 Å². The highest BCUT2D eigenvalue weighted by molar-refractivity contribution is 5.97. The molecule has 0 unspecified atom stereocenters. The third kappa shape index (κ3) is 8.07. The second-order valence-electron chi connectivity index (χ2n) is 10.3. The van der Waals surface area contributed by atoms with Gasteiger partial charge in [0.05, 0.1) is 0 Å². The zero-order valence-corrected chi connectivity index (χ0v) is 24.0. The highest BCUT2D eigenvalue weighted by Gasteiger charge is 2.31. The average molecular weight is 565 g/mol. The second-order valence-corrected chi connectivity index (χ2v) is 10.3. The fraction of sp³-hybridized carbons (Fsp3) is 0.229. The third-order valence-corrected chi connectivity index (χ3v) is 7.13. The van der Waals surface area contributed by atoms with Gasteiger partial charge >= 0.3 is 5.97 Å². The topological polar surface area (TPSA) is 110 Å². The molecular formula is C35H36N2O5. The van der Waals surface area contributed by atoms with Crippen molar-refractivity contribution in [1.82, 2.24) is 4.90 Å². The quantitative estimate of drug-likeness (QED) is 0.202. The Bertz CT molecular complexity index is 1550. The van der Waals surface area contributed by atoms with Gasteiger partial charge in [-0.3, -0.25) is 9.59 Å². The number of carbonyl (C=O) groups excluding carboxylic acids is 2. The number of hydrogen-bond acceptors (Lipinski definition) is 4. The number of carboxylic acid groups (broad SMARTS) is 1. The summed E-state index contributed by atoms with van der Waals surface area (Å²) in [5.74, 6) is -1.41. The van der Waals surface area contributed by atoms with Crippen LogP contribution in [0, 0.1) is 6.92 Å². The van der Waals surface area contributed by atoms with Gasteiger partial charge < -0.3 is 20.5 Å². The van der Waals surface area contributed by atoms with Crippen LogP contribution in [0.25, 0.3) is 11.1 Å². The van der Waals surface area contributed by atoms with Crippen LogP contribution in [0.4, 0.5) is 0 Å². The molecule has 2 amide bonds. The molecule has 7 heteroatoms. The molecule has 0 saturated heterocycles. The molecule has 4 rings (SSSR count). The standard InChI is InChI=1S/C35H36N2O5/c1-3-25-8-6-12-31(21-25)42-23-27-10-5-11-30(20-27)28-13-15-29(16-14-28)34(39)37(22-26-9-4-7-24(2)19-26)32(35(40)41)17-18-33(36)38/h4-16,19-21,32H,3,17-18,22-23H2,1-2H3,(H2,36,38)(H,40,41)/t32-/m0/s1. The predicted octanol–water partition coefficient (Wildman–Crippen LogP) is 6.16. The Hall–Kier alpha value is -4.91. The van der Waals surface area contributed by atoms with Crippen LogP contribution in [0.2, 0.25) is 0 Å². The Morgan fingerprint density at radius 2 is 1.52 bits per heavy atom. The summed E-state index contributed by atoms with van der Waals surface area (Å²) in [5.41, 5.74) is 11.6. The molecule has 0 heterocycles. The van der Waals surface area contributed by atoms with E-state index in [9.17, 15) is 19.5 Å². The lowest BCUT2D eigenvalue weighted by atomic mass is 10.0. The minimum absolute atomic E-state index is 0.0715. The number of rotatable bonds is 13. The number of carboxylic acids is 1. The fourth-order valence-electron chi connectivity index (χ4n) is 4.86. The van der Waals surface area contributed by atoms with Gasteiger partial charge in [0.25, 0.3) is 5.91 Å². The Morgan fingerprint density at radius 3 is 2.21 bits per heavy atom. The van der Waals surface area contributed by atoms with Crippen LogP contribution in [0.3, 0.4) is 0 Å². The number of nitrogens with zero attached hydrogens (tertiary/aromatic N) is 1. The molecule has 216 valence electrons. The SMILES string of the molecule is CCc1cccc(OCc2cccc(-c3ccc(C(=O)N(Cc4cccc(C)c4)[C@@H](CCC(N)=O)C(=O)O)cc3)c2)c1. The Labute approximate surface area is 246 Å². The molecule has 0 aromatic heterocycles. The van der Waals surface area contributed by atoms with Crippen LogP contribution < -0.4 is 10.5 Å². The van der Waals surface area contributed by atoms with E-state index in [4.69, 9.17) is 10.5 Å². The minimum Gasteiger partial charge on any atom is -0.489 e. The number of ether oxygens (including phenoxy) is 1. The third-order valence-electron chi connectivity index (χ3n) is 7.13. The predicted molar refractivity (Wildman–Crippen MR) is 163 cm³/mol. The van der Waals surface area contributed by atoms with Crippen molar-refractivity contribution in [3.63, 3.8) is 0 Å². The molecule has 0 fully saturated rings. The van der Waals surface area contributed by atoms with Gasteiger partial charge in [0.1, 0.15) is 18.4 Å². The molecule has 0 aliphatic carbocycles. The Kier molecular flexibility index (Phi) is 10.1. The van der Waals surface area contributed by atoms with Crippen molar-refractivity contribution in [2.24, 2.45) is 5.73 Å². The van der Waals surface area contributed by atoms with E-state index in [1.807, 2.05) is 79.7 Å². The van der Waals surface area contributed by atoms with Crippen molar-refractivity contribution >= 4 is 17.8 Å². The van der Waals surface area contributed by atoms with E-state index in [1.165, 1.54) is 10.5 Å². The first-order valence-electron chi connectivity index (χ1n) is 14.0. The fourth-order valence-corrected chi connectivity index (χ4v) is 4.86. The van der Waals surface area contributed by atoms with Gasteiger partial charge in [0, 0.05) is 18.5 Å². The average Bonchev–Trinajstić information content (AvgIpc) is 2.99. The number of benzene rings is 4. The summed E-state index contributed by atoms with van der Waals surface area (Å²) >= 11 is 0. The van der Waals surface area contributed by atoms with E-state index in [0.717, 1.165) is 40.0 Å². The maximum absolute atomic E-state index is 13.7. The summed E-state index contributed by atoms with van der Waals surface area (Å²) in [4.78, 5) is 38.7. The molecule has 0 radical (unpaired) electrons. The van der Waals surface area contributed by atoms with Crippen molar-refractivity contribution < 1.29 is 24.2 Å².